The van der Waals surface area contributed by atoms with Crippen molar-refractivity contribution in [3.63, 3.8) is 0 Å². The van der Waals surface area contributed by atoms with E-state index in [-0.39, 0.29) is 11.4 Å². The molecule has 4 rings (SSSR count). The van der Waals surface area contributed by atoms with Gasteiger partial charge in [0.15, 0.2) is 0 Å². The summed E-state index contributed by atoms with van der Waals surface area (Å²) in [4.78, 5) is 13.4. The molecular formula is C21H15BrClNO3S. The number of halogens is 2. The van der Waals surface area contributed by atoms with Crippen molar-refractivity contribution in [2.45, 2.75) is 17.4 Å². The number of hydrogen-bond acceptors (Lipinski definition) is 3. The van der Waals surface area contributed by atoms with Gasteiger partial charge in [-0.2, -0.15) is 0 Å². The molecule has 0 aromatic heterocycles. The number of sulfonamides is 1. The summed E-state index contributed by atoms with van der Waals surface area (Å²) in [7, 11) is -3.98. The minimum Gasteiger partial charge on any atom is -0.273 e. The van der Waals surface area contributed by atoms with Crippen molar-refractivity contribution in [2.75, 3.05) is 0 Å². The Morgan fingerprint density at radius 3 is 2.25 bits per heavy atom. The van der Waals surface area contributed by atoms with Gasteiger partial charge in [-0.1, -0.05) is 63.9 Å². The van der Waals surface area contributed by atoms with Crippen molar-refractivity contribution in [2.24, 2.45) is 0 Å². The Balaban J connectivity index is 1.84. The fourth-order valence-electron chi connectivity index (χ4n) is 3.38. The molecule has 3 aromatic carbocycles. The van der Waals surface area contributed by atoms with Gasteiger partial charge in [0.25, 0.3) is 10.0 Å². The molecule has 0 saturated carbocycles. The molecule has 0 N–H and O–H groups in total. The highest BCUT2D eigenvalue weighted by Crippen LogP contribution is 2.37. The lowest BCUT2D eigenvalue weighted by Gasteiger charge is -2.33. The van der Waals surface area contributed by atoms with Crippen molar-refractivity contribution in [1.82, 2.24) is 4.31 Å². The smallest absolute Gasteiger partial charge is 0.266 e. The number of benzene rings is 3. The monoisotopic (exact) mass is 475 g/mol. The van der Waals surface area contributed by atoms with Crippen LogP contribution in [0, 0.1) is 0 Å². The van der Waals surface area contributed by atoms with Crippen LogP contribution in [0.4, 0.5) is 0 Å². The summed E-state index contributed by atoms with van der Waals surface area (Å²) in [6.45, 7) is 0.0114. The Hall–Kier alpha value is -2.15. The lowest BCUT2D eigenvalue weighted by atomic mass is 9.85. The lowest BCUT2D eigenvalue weighted by molar-refractivity contribution is -0.128. The van der Waals surface area contributed by atoms with E-state index in [4.69, 9.17) is 11.6 Å². The molecule has 4 nitrogen and oxygen atoms in total. The highest BCUT2D eigenvalue weighted by molar-refractivity contribution is 9.10. The normalized spacial score (nSPS) is 16.7. The summed E-state index contributed by atoms with van der Waals surface area (Å²) in [5.41, 5.74) is 2.33. The molecule has 1 unspecified atom stereocenters. The first-order valence-electron chi connectivity index (χ1n) is 8.53. The summed E-state index contributed by atoms with van der Waals surface area (Å²) >= 11 is 9.29. The number of carbonyl (C=O) groups is 1. The molecule has 28 heavy (non-hydrogen) atoms. The zero-order valence-electron chi connectivity index (χ0n) is 14.5. The first kappa shape index (κ1) is 19.2. The second-order valence-electron chi connectivity index (χ2n) is 6.49. The van der Waals surface area contributed by atoms with Crippen molar-refractivity contribution in [3.05, 3.63) is 99.0 Å². The van der Waals surface area contributed by atoms with E-state index in [1.807, 2.05) is 24.3 Å². The number of rotatable bonds is 3. The SMILES string of the molecule is O=C1C(c2ccc(Cl)cc2)c2ccccc2CN1S(=O)(=O)c1ccc(Br)cc1. The van der Waals surface area contributed by atoms with E-state index in [9.17, 15) is 13.2 Å². The van der Waals surface area contributed by atoms with Crippen LogP contribution in [0.15, 0.2) is 82.2 Å². The highest BCUT2D eigenvalue weighted by atomic mass is 79.9. The van der Waals surface area contributed by atoms with E-state index in [1.165, 1.54) is 12.1 Å². The van der Waals surface area contributed by atoms with Crippen LogP contribution in [0.3, 0.4) is 0 Å². The summed E-state index contributed by atoms with van der Waals surface area (Å²) in [6, 6.07) is 20.6. The van der Waals surface area contributed by atoms with Gasteiger partial charge in [-0.3, -0.25) is 4.79 Å². The fourth-order valence-corrected chi connectivity index (χ4v) is 5.16. The molecule has 0 spiro atoms. The third kappa shape index (κ3) is 3.36. The van der Waals surface area contributed by atoms with Crippen molar-refractivity contribution >= 4 is 43.5 Å². The van der Waals surface area contributed by atoms with Crippen LogP contribution < -0.4 is 0 Å². The van der Waals surface area contributed by atoms with Crippen LogP contribution >= 0.6 is 27.5 Å². The molecule has 1 amide bonds. The van der Waals surface area contributed by atoms with E-state index < -0.39 is 21.8 Å². The molecule has 1 aliphatic heterocycles. The van der Waals surface area contributed by atoms with E-state index in [0.717, 1.165) is 19.9 Å². The summed E-state index contributed by atoms with van der Waals surface area (Å²) in [5.74, 6) is -1.17. The van der Waals surface area contributed by atoms with E-state index in [1.54, 1.807) is 36.4 Å². The molecule has 1 heterocycles. The van der Waals surface area contributed by atoms with Gasteiger partial charge in [0.1, 0.15) is 0 Å². The van der Waals surface area contributed by atoms with Crippen molar-refractivity contribution < 1.29 is 13.2 Å². The Morgan fingerprint density at radius 2 is 1.57 bits per heavy atom. The van der Waals surface area contributed by atoms with Crippen LogP contribution in [0.2, 0.25) is 5.02 Å². The predicted molar refractivity (Wildman–Crippen MR) is 112 cm³/mol. The Kier molecular flexibility index (Phi) is 5.04. The third-order valence-electron chi connectivity index (χ3n) is 4.78. The van der Waals surface area contributed by atoms with Gasteiger partial charge in [0.05, 0.1) is 17.4 Å². The number of fused-ring (bicyclic) bond motifs is 1. The summed E-state index contributed by atoms with van der Waals surface area (Å²) in [5, 5.41) is 0.555. The van der Waals surface area contributed by atoms with E-state index in [2.05, 4.69) is 15.9 Å². The average Bonchev–Trinajstić information content (AvgIpc) is 2.69. The molecular weight excluding hydrogens is 462 g/mol. The van der Waals surface area contributed by atoms with E-state index >= 15 is 0 Å². The minimum atomic E-state index is -3.98. The van der Waals surface area contributed by atoms with Gasteiger partial charge >= 0.3 is 0 Å². The second kappa shape index (κ2) is 7.35. The van der Waals surface area contributed by atoms with E-state index in [0.29, 0.717) is 10.6 Å². The molecule has 0 bridgehead atoms. The summed E-state index contributed by atoms with van der Waals surface area (Å²) in [6.07, 6.45) is 0. The molecule has 0 fully saturated rings. The molecule has 0 radical (unpaired) electrons. The fraction of sp³-hybridized carbons (Fsp3) is 0.0952. The van der Waals surface area contributed by atoms with Crippen LogP contribution in [0.5, 0.6) is 0 Å². The van der Waals surface area contributed by atoms with Crippen LogP contribution in [-0.2, 0) is 21.4 Å². The maximum Gasteiger partial charge on any atom is 0.266 e. The molecule has 0 aliphatic carbocycles. The topological polar surface area (TPSA) is 54.5 Å². The van der Waals surface area contributed by atoms with Gasteiger partial charge < -0.3 is 0 Å². The molecule has 3 aromatic rings. The third-order valence-corrected chi connectivity index (χ3v) is 7.32. The van der Waals surface area contributed by atoms with Crippen molar-refractivity contribution in [1.29, 1.82) is 0 Å². The van der Waals surface area contributed by atoms with Crippen LogP contribution in [-0.4, -0.2) is 18.6 Å². The quantitative estimate of drug-likeness (QED) is 0.536. The van der Waals surface area contributed by atoms with Gasteiger partial charge in [-0.25, -0.2) is 12.7 Å². The lowest BCUT2D eigenvalue weighted by Crippen LogP contribution is -2.43. The Labute approximate surface area is 176 Å². The van der Waals surface area contributed by atoms with Gasteiger partial charge in [0.2, 0.25) is 5.91 Å². The molecule has 1 atom stereocenters. The zero-order chi connectivity index (χ0) is 19.9. The largest absolute Gasteiger partial charge is 0.273 e. The molecule has 0 saturated heterocycles. The summed E-state index contributed by atoms with van der Waals surface area (Å²) < 4.78 is 28.2. The molecule has 142 valence electrons. The number of hydrogen-bond donors (Lipinski definition) is 0. The van der Waals surface area contributed by atoms with Crippen molar-refractivity contribution in [3.8, 4) is 0 Å². The standard InChI is InChI=1S/C21H15BrClNO3S/c22-16-7-11-18(12-8-16)28(26,27)24-13-15-3-1-2-4-19(15)20(21(24)25)14-5-9-17(23)10-6-14/h1-12,20H,13H2. The van der Waals surface area contributed by atoms with Crippen LogP contribution in [0.1, 0.15) is 22.6 Å². The molecule has 7 heteroatoms. The maximum atomic E-state index is 13.4. The zero-order valence-corrected chi connectivity index (χ0v) is 17.7. The predicted octanol–water partition coefficient (Wildman–Crippen LogP) is 4.97. The first-order valence-corrected chi connectivity index (χ1v) is 11.1. The van der Waals surface area contributed by atoms with Crippen LogP contribution in [0.25, 0.3) is 0 Å². The number of nitrogens with zero attached hydrogens (tertiary/aromatic N) is 1. The van der Waals surface area contributed by atoms with Gasteiger partial charge in [-0.15, -0.1) is 0 Å². The highest BCUT2D eigenvalue weighted by Gasteiger charge is 2.40. The Bertz CT molecular complexity index is 1150. The number of carbonyl (C=O) groups excluding carboxylic acids is 1. The van der Waals surface area contributed by atoms with Gasteiger partial charge in [0, 0.05) is 9.50 Å². The maximum absolute atomic E-state index is 13.4. The van der Waals surface area contributed by atoms with Gasteiger partial charge in [-0.05, 0) is 53.1 Å². The second-order valence-corrected chi connectivity index (χ2v) is 9.70. The molecule has 1 aliphatic rings. The minimum absolute atomic E-state index is 0.0114. The first-order chi connectivity index (χ1) is 13.4. The average molecular weight is 477 g/mol. The Morgan fingerprint density at radius 1 is 0.929 bits per heavy atom. The number of amides is 1.